The van der Waals surface area contributed by atoms with Crippen molar-refractivity contribution in [3.63, 3.8) is 0 Å². The van der Waals surface area contributed by atoms with Crippen LogP contribution in [0.2, 0.25) is 0 Å². The van der Waals surface area contributed by atoms with E-state index in [1.54, 1.807) is 4.90 Å². The molecule has 27 heavy (non-hydrogen) atoms. The third kappa shape index (κ3) is 3.20. The van der Waals surface area contributed by atoms with Gasteiger partial charge in [0, 0.05) is 30.9 Å². The summed E-state index contributed by atoms with van der Waals surface area (Å²) >= 11 is 0. The molecule has 3 fully saturated rings. The number of carbonyl (C=O) groups is 2. The van der Waals surface area contributed by atoms with Crippen LogP contribution in [0, 0.1) is 0 Å². The van der Waals surface area contributed by atoms with Crippen LogP contribution in [-0.2, 0) is 16.0 Å². The lowest BCUT2D eigenvalue weighted by molar-refractivity contribution is -0.158. The minimum Gasteiger partial charge on any atom is -0.393 e. The van der Waals surface area contributed by atoms with E-state index in [-0.39, 0.29) is 35.9 Å². The van der Waals surface area contributed by atoms with Gasteiger partial charge in [0.1, 0.15) is 5.54 Å². The summed E-state index contributed by atoms with van der Waals surface area (Å²) in [6.07, 6.45) is 7.53. The number of aromatic amines is 2. The predicted octanol–water partition coefficient (Wildman–Crippen LogP) is 0.533. The summed E-state index contributed by atoms with van der Waals surface area (Å²) < 4.78 is 0. The Kier molecular flexibility index (Phi) is 4.84. The van der Waals surface area contributed by atoms with Crippen LogP contribution < -0.4 is 5.56 Å². The summed E-state index contributed by atoms with van der Waals surface area (Å²) in [7, 11) is 0. The zero-order chi connectivity index (χ0) is 19.0. The first kappa shape index (κ1) is 18.3. The Morgan fingerprint density at radius 3 is 2.52 bits per heavy atom. The maximum absolute atomic E-state index is 13.5. The minimum absolute atomic E-state index is 0.0173. The largest absolute Gasteiger partial charge is 0.393 e. The standard InChI is InChI=1S/C19H28N4O4/c24-15-5-3-14(4-6-15)22-9-1-7-19(18(22)27)8-2-10-23(19)16(25)11-13-12-20-21-17(13)26/h12,14-15,24H,1-11H2,(H2,20,21,26). The fourth-order valence-electron chi connectivity index (χ4n) is 5.18. The van der Waals surface area contributed by atoms with Crippen LogP contribution in [0.3, 0.4) is 0 Å². The van der Waals surface area contributed by atoms with Crippen molar-refractivity contribution in [2.75, 3.05) is 13.1 Å². The van der Waals surface area contributed by atoms with Gasteiger partial charge in [-0.2, -0.15) is 0 Å². The number of aliphatic hydroxyl groups excluding tert-OH is 1. The van der Waals surface area contributed by atoms with Crippen molar-refractivity contribution < 1.29 is 14.7 Å². The van der Waals surface area contributed by atoms with Crippen molar-refractivity contribution in [3.8, 4) is 0 Å². The highest BCUT2D eigenvalue weighted by atomic mass is 16.3. The van der Waals surface area contributed by atoms with Crippen LogP contribution in [0.4, 0.5) is 0 Å². The third-order valence-electron chi connectivity index (χ3n) is 6.61. The van der Waals surface area contributed by atoms with Crippen molar-refractivity contribution in [2.45, 2.75) is 75.5 Å². The summed E-state index contributed by atoms with van der Waals surface area (Å²) in [6.45, 7) is 1.31. The Bertz CT molecular complexity index is 764. The second-order valence-corrected chi connectivity index (χ2v) is 8.19. The summed E-state index contributed by atoms with van der Waals surface area (Å²) in [6, 6.07) is 0.170. The van der Waals surface area contributed by atoms with Crippen molar-refractivity contribution >= 4 is 11.8 Å². The lowest BCUT2D eigenvalue weighted by Gasteiger charge is -2.48. The average molecular weight is 376 g/mol. The molecular formula is C19H28N4O4. The monoisotopic (exact) mass is 376 g/mol. The molecular weight excluding hydrogens is 348 g/mol. The van der Waals surface area contributed by atoms with E-state index >= 15 is 0 Å². The smallest absolute Gasteiger partial charge is 0.267 e. The van der Waals surface area contributed by atoms with Crippen LogP contribution in [0.15, 0.2) is 11.0 Å². The molecule has 8 nitrogen and oxygen atoms in total. The van der Waals surface area contributed by atoms with Crippen molar-refractivity contribution in [1.82, 2.24) is 20.0 Å². The van der Waals surface area contributed by atoms with E-state index in [1.807, 2.05) is 4.90 Å². The van der Waals surface area contributed by atoms with Gasteiger partial charge in [-0.1, -0.05) is 0 Å². The second-order valence-electron chi connectivity index (χ2n) is 8.19. The Balaban J connectivity index is 1.53. The van der Waals surface area contributed by atoms with E-state index in [0.717, 1.165) is 45.1 Å². The quantitative estimate of drug-likeness (QED) is 0.715. The number of amides is 2. The first-order valence-electron chi connectivity index (χ1n) is 10.1. The van der Waals surface area contributed by atoms with E-state index in [4.69, 9.17) is 0 Å². The summed E-state index contributed by atoms with van der Waals surface area (Å²) in [4.78, 5) is 41.9. The predicted molar refractivity (Wildman–Crippen MR) is 98.0 cm³/mol. The van der Waals surface area contributed by atoms with Gasteiger partial charge in [0.05, 0.1) is 12.5 Å². The molecule has 1 aromatic heterocycles. The first-order valence-corrected chi connectivity index (χ1v) is 10.1. The Morgan fingerprint density at radius 2 is 1.85 bits per heavy atom. The van der Waals surface area contributed by atoms with Crippen LogP contribution in [0.25, 0.3) is 0 Å². The maximum Gasteiger partial charge on any atom is 0.267 e. The van der Waals surface area contributed by atoms with E-state index in [1.165, 1.54) is 6.20 Å². The molecule has 1 saturated carbocycles. The number of nitrogens with zero attached hydrogens (tertiary/aromatic N) is 2. The molecule has 1 unspecified atom stereocenters. The van der Waals surface area contributed by atoms with Gasteiger partial charge in [0.25, 0.3) is 5.56 Å². The number of hydrogen-bond donors (Lipinski definition) is 3. The number of H-pyrrole nitrogens is 2. The molecule has 3 N–H and O–H groups in total. The van der Waals surface area contributed by atoms with E-state index in [2.05, 4.69) is 10.2 Å². The number of piperidine rings is 1. The van der Waals surface area contributed by atoms with Gasteiger partial charge in [-0.15, -0.1) is 0 Å². The third-order valence-corrected chi connectivity index (χ3v) is 6.61. The molecule has 1 aromatic rings. The Hall–Kier alpha value is -2.09. The molecule has 2 aliphatic heterocycles. The molecule has 0 radical (unpaired) electrons. The SMILES string of the molecule is O=C(Cc1c[nH][nH]c1=O)N1CCCC12CCCN(C1CCC(O)CC1)C2=O. The molecule has 3 heterocycles. The summed E-state index contributed by atoms with van der Waals surface area (Å²) in [5.74, 6) is -0.0733. The highest BCUT2D eigenvalue weighted by Gasteiger charge is 2.53. The molecule has 4 rings (SSSR count). The maximum atomic E-state index is 13.5. The molecule has 148 valence electrons. The van der Waals surface area contributed by atoms with Gasteiger partial charge in [-0.25, -0.2) is 0 Å². The zero-order valence-electron chi connectivity index (χ0n) is 15.6. The minimum atomic E-state index is -0.742. The summed E-state index contributed by atoms with van der Waals surface area (Å²) in [5, 5.41) is 14.8. The van der Waals surface area contributed by atoms with Crippen molar-refractivity contribution in [2.24, 2.45) is 0 Å². The molecule has 2 amide bonds. The molecule has 1 aliphatic carbocycles. The molecule has 3 aliphatic rings. The van der Waals surface area contributed by atoms with E-state index in [0.29, 0.717) is 24.9 Å². The molecule has 1 atom stereocenters. The van der Waals surface area contributed by atoms with Gasteiger partial charge in [-0.3, -0.25) is 19.5 Å². The molecule has 1 spiro atoms. The summed E-state index contributed by atoms with van der Waals surface area (Å²) in [5.41, 5.74) is -0.619. The molecule has 0 aromatic carbocycles. The zero-order valence-corrected chi connectivity index (χ0v) is 15.6. The second kappa shape index (κ2) is 7.14. The molecule has 0 bridgehead atoms. The van der Waals surface area contributed by atoms with E-state index < -0.39 is 5.54 Å². The van der Waals surface area contributed by atoms with Gasteiger partial charge in [-0.05, 0) is 51.4 Å². The lowest BCUT2D eigenvalue weighted by Crippen LogP contribution is -2.63. The number of carbonyl (C=O) groups excluding carboxylic acids is 2. The van der Waals surface area contributed by atoms with Crippen molar-refractivity contribution in [1.29, 1.82) is 0 Å². The van der Waals surface area contributed by atoms with Gasteiger partial charge >= 0.3 is 0 Å². The van der Waals surface area contributed by atoms with Crippen molar-refractivity contribution in [3.05, 3.63) is 22.1 Å². The normalized spacial score (nSPS) is 31.7. The van der Waals surface area contributed by atoms with Gasteiger partial charge in [0.15, 0.2) is 0 Å². The average Bonchev–Trinajstić information content (AvgIpc) is 3.26. The van der Waals surface area contributed by atoms with E-state index in [9.17, 15) is 19.5 Å². The van der Waals surface area contributed by atoms with Crippen LogP contribution in [0.5, 0.6) is 0 Å². The van der Waals surface area contributed by atoms with Crippen LogP contribution >= 0.6 is 0 Å². The number of rotatable bonds is 3. The molecule has 8 heteroatoms. The van der Waals surface area contributed by atoms with Gasteiger partial charge < -0.3 is 20.0 Å². The lowest BCUT2D eigenvalue weighted by atomic mass is 9.82. The number of aromatic nitrogens is 2. The fraction of sp³-hybridized carbons (Fsp3) is 0.737. The Labute approximate surface area is 157 Å². The fourth-order valence-corrected chi connectivity index (χ4v) is 5.18. The van der Waals surface area contributed by atoms with Crippen LogP contribution in [0.1, 0.15) is 56.9 Å². The number of hydrogen-bond acceptors (Lipinski definition) is 4. The number of nitrogens with one attached hydrogen (secondary N) is 2. The topological polar surface area (TPSA) is 110 Å². The van der Waals surface area contributed by atoms with Gasteiger partial charge in [0.2, 0.25) is 11.8 Å². The highest BCUT2D eigenvalue weighted by Crippen LogP contribution is 2.40. The Morgan fingerprint density at radius 1 is 1.15 bits per heavy atom. The highest BCUT2D eigenvalue weighted by molar-refractivity contribution is 5.93. The molecule has 2 saturated heterocycles. The number of likely N-dealkylation sites (tertiary alicyclic amines) is 2. The first-order chi connectivity index (χ1) is 13.0. The number of aliphatic hydroxyl groups is 1. The van der Waals surface area contributed by atoms with Crippen LogP contribution in [-0.4, -0.2) is 67.7 Å².